The Morgan fingerprint density at radius 2 is 2.11 bits per heavy atom. The first kappa shape index (κ1) is 12.7. The molecule has 0 bridgehead atoms. The lowest BCUT2D eigenvalue weighted by Gasteiger charge is -2.25. The molecule has 1 unspecified atom stereocenters. The molecule has 1 atom stereocenters. The van der Waals surface area contributed by atoms with Gasteiger partial charge in [-0.15, -0.1) is 0 Å². The van der Waals surface area contributed by atoms with Crippen LogP contribution in [0.25, 0.3) is 0 Å². The molecule has 1 aliphatic rings. The van der Waals surface area contributed by atoms with Crippen molar-refractivity contribution in [2.24, 2.45) is 0 Å². The fourth-order valence-corrected chi connectivity index (χ4v) is 2.26. The standard InChI is InChI=1S/C13H18N2O3/c1-9-6-7-11(18-9)13(17)15-8-4-5-10(15)12(16)14(2)3/h6-7,10H,4-5,8H2,1-3H3. The van der Waals surface area contributed by atoms with Crippen LogP contribution in [0.4, 0.5) is 0 Å². The fourth-order valence-electron chi connectivity index (χ4n) is 2.26. The van der Waals surface area contributed by atoms with Crippen LogP contribution in [0.5, 0.6) is 0 Å². The number of amides is 2. The maximum absolute atomic E-state index is 12.3. The van der Waals surface area contributed by atoms with E-state index in [1.54, 1.807) is 38.1 Å². The van der Waals surface area contributed by atoms with Crippen molar-refractivity contribution in [3.05, 3.63) is 23.7 Å². The molecule has 0 radical (unpaired) electrons. The molecule has 2 heterocycles. The van der Waals surface area contributed by atoms with Crippen LogP contribution in [-0.4, -0.2) is 48.3 Å². The molecule has 98 valence electrons. The van der Waals surface area contributed by atoms with Gasteiger partial charge in [-0.05, 0) is 31.9 Å². The molecule has 5 nitrogen and oxygen atoms in total. The van der Waals surface area contributed by atoms with Crippen molar-refractivity contribution < 1.29 is 14.0 Å². The van der Waals surface area contributed by atoms with Gasteiger partial charge in [-0.2, -0.15) is 0 Å². The Bertz CT molecular complexity index is 465. The third-order valence-corrected chi connectivity index (χ3v) is 3.19. The average molecular weight is 250 g/mol. The number of furan rings is 1. The number of likely N-dealkylation sites (tertiary alicyclic amines) is 1. The number of likely N-dealkylation sites (N-methyl/N-ethyl adjacent to an activating group) is 1. The monoisotopic (exact) mass is 250 g/mol. The highest BCUT2D eigenvalue weighted by molar-refractivity contribution is 5.95. The van der Waals surface area contributed by atoms with Gasteiger partial charge in [0.05, 0.1) is 0 Å². The van der Waals surface area contributed by atoms with E-state index < -0.39 is 0 Å². The van der Waals surface area contributed by atoms with Crippen LogP contribution < -0.4 is 0 Å². The summed E-state index contributed by atoms with van der Waals surface area (Å²) >= 11 is 0. The summed E-state index contributed by atoms with van der Waals surface area (Å²) in [7, 11) is 3.42. The SMILES string of the molecule is Cc1ccc(C(=O)N2CCCC2C(=O)N(C)C)o1. The van der Waals surface area contributed by atoms with E-state index in [9.17, 15) is 9.59 Å². The van der Waals surface area contributed by atoms with Crippen LogP contribution in [0.2, 0.25) is 0 Å². The fraction of sp³-hybridized carbons (Fsp3) is 0.538. The van der Waals surface area contributed by atoms with Crippen molar-refractivity contribution in [3.63, 3.8) is 0 Å². The molecule has 1 aromatic heterocycles. The summed E-state index contributed by atoms with van der Waals surface area (Å²) in [6.45, 7) is 2.41. The number of carbonyl (C=O) groups is 2. The first-order valence-corrected chi connectivity index (χ1v) is 6.09. The van der Waals surface area contributed by atoms with Crippen LogP contribution in [0, 0.1) is 6.92 Å². The van der Waals surface area contributed by atoms with Crippen molar-refractivity contribution in [3.8, 4) is 0 Å². The quantitative estimate of drug-likeness (QED) is 0.794. The van der Waals surface area contributed by atoms with Gasteiger partial charge in [-0.25, -0.2) is 0 Å². The van der Waals surface area contributed by atoms with E-state index in [1.807, 2.05) is 0 Å². The first-order valence-electron chi connectivity index (χ1n) is 6.09. The Labute approximate surface area is 106 Å². The van der Waals surface area contributed by atoms with E-state index in [0.29, 0.717) is 18.1 Å². The normalized spacial score (nSPS) is 19.1. The lowest BCUT2D eigenvalue weighted by molar-refractivity contribution is -0.132. The summed E-state index contributed by atoms with van der Waals surface area (Å²) in [5.41, 5.74) is 0. The number of rotatable bonds is 2. The molecule has 0 aliphatic carbocycles. The summed E-state index contributed by atoms with van der Waals surface area (Å²) < 4.78 is 5.33. The molecule has 2 rings (SSSR count). The van der Waals surface area contributed by atoms with Gasteiger partial charge in [0.2, 0.25) is 5.91 Å². The van der Waals surface area contributed by atoms with E-state index in [1.165, 1.54) is 4.90 Å². The van der Waals surface area contributed by atoms with Crippen molar-refractivity contribution >= 4 is 11.8 Å². The highest BCUT2D eigenvalue weighted by Crippen LogP contribution is 2.22. The molecule has 0 aromatic carbocycles. The molecule has 0 spiro atoms. The zero-order valence-electron chi connectivity index (χ0n) is 11.0. The van der Waals surface area contributed by atoms with Gasteiger partial charge in [-0.1, -0.05) is 0 Å². The third-order valence-electron chi connectivity index (χ3n) is 3.19. The van der Waals surface area contributed by atoms with E-state index in [-0.39, 0.29) is 17.9 Å². The molecule has 18 heavy (non-hydrogen) atoms. The maximum Gasteiger partial charge on any atom is 0.290 e. The van der Waals surface area contributed by atoms with Crippen LogP contribution in [-0.2, 0) is 4.79 Å². The third kappa shape index (κ3) is 2.25. The highest BCUT2D eigenvalue weighted by atomic mass is 16.3. The number of hydrogen-bond acceptors (Lipinski definition) is 3. The number of carbonyl (C=O) groups excluding carboxylic acids is 2. The molecular weight excluding hydrogens is 232 g/mol. The Morgan fingerprint density at radius 3 is 2.67 bits per heavy atom. The Morgan fingerprint density at radius 1 is 1.39 bits per heavy atom. The van der Waals surface area contributed by atoms with Crippen molar-refractivity contribution in [2.45, 2.75) is 25.8 Å². The summed E-state index contributed by atoms with van der Waals surface area (Å²) in [5.74, 6) is 0.795. The van der Waals surface area contributed by atoms with E-state index >= 15 is 0 Å². The summed E-state index contributed by atoms with van der Waals surface area (Å²) in [4.78, 5) is 27.4. The second kappa shape index (κ2) is 4.84. The van der Waals surface area contributed by atoms with Gasteiger partial charge in [0.25, 0.3) is 5.91 Å². The van der Waals surface area contributed by atoms with E-state index in [2.05, 4.69) is 0 Å². The highest BCUT2D eigenvalue weighted by Gasteiger charge is 2.36. The smallest absolute Gasteiger partial charge is 0.290 e. The summed E-state index contributed by atoms with van der Waals surface area (Å²) in [6.07, 6.45) is 1.58. The van der Waals surface area contributed by atoms with E-state index in [4.69, 9.17) is 4.42 Å². The van der Waals surface area contributed by atoms with Gasteiger partial charge in [0, 0.05) is 20.6 Å². The predicted octanol–water partition coefficient (Wildman–Crippen LogP) is 1.28. The van der Waals surface area contributed by atoms with Crippen LogP contribution >= 0.6 is 0 Å². The van der Waals surface area contributed by atoms with Gasteiger partial charge in [-0.3, -0.25) is 9.59 Å². The molecular formula is C13H18N2O3. The average Bonchev–Trinajstić information content (AvgIpc) is 2.95. The summed E-state index contributed by atoms with van der Waals surface area (Å²) in [5, 5.41) is 0. The zero-order valence-corrected chi connectivity index (χ0v) is 11.0. The van der Waals surface area contributed by atoms with E-state index in [0.717, 1.165) is 12.8 Å². The topological polar surface area (TPSA) is 53.8 Å². The molecule has 1 fully saturated rings. The van der Waals surface area contributed by atoms with Crippen LogP contribution in [0.1, 0.15) is 29.2 Å². The van der Waals surface area contributed by atoms with Crippen LogP contribution in [0.3, 0.4) is 0 Å². The Balaban J connectivity index is 2.17. The molecule has 5 heteroatoms. The minimum atomic E-state index is -0.349. The van der Waals surface area contributed by atoms with Gasteiger partial charge < -0.3 is 14.2 Å². The minimum Gasteiger partial charge on any atom is -0.456 e. The number of hydrogen-bond donors (Lipinski definition) is 0. The van der Waals surface area contributed by atoms with Gasteiger partial charge in [0.1, 0.15) is 11.8 Å². The lowest BCUT2D eigenvalue weighted by atomic mass is 10.2. The first-order chi connectivity index (χ1) is 8.50. The number of nitrogens with zero attached hydrogens (tertiary/aromatic N) is 2. The van der Waals surface area contributed by atoms with Gasteiger partial charge >= 0.3 is 0 Å². The lowest BCUT2D eigenvalue weighted by Crippen LogP contribution is -2.45. The van der Waals surface area contributed by atoms with Crippen molar-refractivity contribution in [1.82, 2.24) is 9.80 Å². The zero-order chi connectivity index (χ0) is 13.3. The second-order valence-electron chi connectivity index (χ2n) is 4.80. The molecule has 2 amide bonds. The summed E-state index contributed by atoms with van der Waals surface area (Å²) in [6, 6.07) is 3.07. The van der Waals surface area contributed by atoms with Crippen molar-refractivity contribution in [2.75, 3.05) is 20.6 Å². The molecule has 0 saturated carbocycles. The largest absolute Gasteiger partial charge is 0.456 e. The Kier molecular flexibility index (Phi) is 3.41. The second-order valence-corrected chi connectivity index (χ2v) is 4.80. The molecule has 1 saturated heterocycles. The maximum atomic E-state index is 12.3. The minimum absolute atomic E-state index is 0.0240. The van der Waals surface area contributed by atoms with Crippen LogP contribution in [0.15, 0.2) is 16.5 Å². The van der Waals surface area contributed by atoms with Gasteiger partial charge in [0.15, 0.2) is 5.76 Å². The molecule has 0 N–H and O–H groups in total. The Hall–Kier alpha value is -1.78. The molecule has 1 aromatic rings. The van der Waals surface area contributed by atoms with Crippen molar-refractivity contribution in [1.29, 1.82) is 0 Å². The molecule has 1 aliphatic heterocycles. The number of aryl methyl sites for hydroxylation is 1. The predicted molar refractivity (Wildman–Crippen MR) is 66.2 cm³/mol.